The number of nitrogens with zero attached hydrogens (tertiary/aromatic N) is 2. The summed E-state index contributed by atoms with van der Waals surface area (Å²) in [5, 5.41) is 2.85. The van der Waals surface area contributed by atoms with Crippen LogP contribution in [-0.4, -0.2) is 15.5 Å². The van der Waals surface area contributed by atoms with Crippen molar-refractivity contribution < 1.29 is 4.79 Å². The zero-order valence-electron chi connectivity index (χ0n) is 13.8. The molecule has 0 saturated carbocycles. The summed E-state index contributed by atoms with van der Waals surface area (Å²) in [4.78, 5) is 16.3. The molecule has 120 valence electrons. The minimum Gasteiger partial charge on any atom is -0.347 e. The maximum atomic E-state index is 11.7. The fourth-order valence-corrected chi connectivity index (χ4v) is 2.39. The Bertz CT molecular complexity index is 714. The van der Waals surface area contributed by atoms with E-state index in [1.807, 2.05) is 31.2 Å². The van der Waals surface area contributed by atoms with Gasteiger partial charge in [0.25, 0.3) is 0 Å². The van der Waals surface area contributed by atoms with Gasteiger partial charge in [0.05, 0.1) is 12.2 Å². The number of amides is 1. The van der Waals surface area contributed by atoms with Crippen LogP contribution in [0.3, 0.4) is 0 Å². The highest BCUT2D eigenvalue weighted by Gasteiger charge is 2.14. The Morgan fingerprint density at radius 2 is 2.04 bits per heavy atom. The molecule has 0 aliphatic rings. The van der Waals surface area contributed by atoms with Crippen molar-refractivity contribution in [1.82, 2.24) is 14.9 Å². The van der Waals surface area contributed by atoms with Gasteiger partial charge in [-0.3, -0.25) is 4.79 Å². The van der Waals surface area contributed by atoms with Crippen molar-refractivity contribution in [3.8, 4) is 0 Å². The molecule has 0 atom stereocenters. The van der Waals surface area contributed by atoms with Gasteiger partial charge in [-0.25, -0.2) is 4.98 Å². The molecule has 1 amide bonds. The monoisotopic (exact) mass is 309 g/mol. The van der Waals surface area contributed by atoms with E-state index in [1.54, 1.807) is 6.92 Å². The minimum atomic E-state index is -0.146. The van der Waals surface area contributed by atoms with Gasteiger partial charge in [0, 0.05) is 24.2 Å². The molecule has 0 spiro atoms. The van der Waals surface area contributed by atoms with Crippen molar-refractivity contribution in [2.75, 3.05) is 0 Å². The van der Waals surface area contributed by atoms with Crippen LogP contribution >= 0.6 is 0 Å². The molecular weight excluding hydrogens is 286 g/mol. The number of carbonyl (C=O) groups excluding carboxylic acids is 1. The molecule has 1 aromatic heterocycles. The summed E-state index contributed by atoms with van der Waals surface area (Å²) in [6.45, 7) is 12.3. The van der Waals surface area contributed by atoms with Crippen LogP contribution in [0, 0.1) is 6.92 Å². The van der Waals surface area contributed by atoms with Gasteiger partial charge in [0.15, 0.2) is 0 Å². The Hall–Kier alpha value is -2.62. The number of carbonyl (C=O) groups is 1. The van der Waals surface area contributed by atoms with Crippen molar-refractivity contribution in [2.45, 2.75) is 33.4 Å². The molecule has 2 aromatic rings. The number of nitrogens with one attached hydrogen (secondary N) is 1. The van der Waals surface area contributed by atoms with Crippen molar-refractivity contribution in [3.63, 3.8) is 0 Å². The molecule has 0 unspecified atom stereocenters. The third-order valence-corrected chi connectivity index (χ3v) is 3.71. The zero-order chi connectivity index (χ0) is 16.8. The third kappa shape index (κ3) is 4.19. The predicted molar refractivity (Wildman–Crippen MR) is 93.1 cm³/mol. The Labute approximate surface area is 137 Å². The third-order valence-electron chi connectivity index (χ3n) is 3.71. The van der Waals surface area contributed by atoms with Gasteiger partial charge in [0.1, 0.15) is 5.82 Å². The molecule has 0 saturated heterocycles. The maximum Gasteiger partial charge on any atom is 0.246 e. The van der Waals surface area contributed by atoms with Gasteiger partial charge in [-0.15, -0.1) is 6.58 Å². The fraction of sp³-hybridized carbons (Fsp3) is 0.263. The molecular formula is C19H23N3O. The van der Waals surface area contributed by atoms with Crippen molar-refractivity contribution in [3.05, 3.63) is 77.9 Å². The quantitative estimate of drug-likeness (QED) is 0.631. The molecule has 1 heterocycles. The highest BCUT2D eigenvalue weighted by Crippen LogP contribution is 2.15. The minimum absolute atomic E-state index is 0.146. The number of hydrogen-bond donors (Lipinski definition) is 1. The predicted octanol–water partition coefficient (Wildman–Crippen LogP) is 3.16. The molecule has 1 aromatic carbocycles. The Kier molecular flexibility index (Phi) is 5.52. The first-order valence-electron chi connectivity index (χ1n) is 7.66. The van der Waals surface area contributed by atoms with E-state index in [0.29, 0.717) is 18.5 Å². The van der Waals surface area contributed by atoms with E-state index in [0.717, 1.165) is 23.8 Å². The molecule has 23 heavy (non-hydrogen) atoms. The van der Waals surface area contributed by atoms with Crippen molar-refractivity contribution in [1.29, 1.82) is 0 Å². The van der Waals surface area contributed by atoms with Gasteiger partial charge in [0.2, 0.25) is 5.91 Å². The molecule has 2 rings (SSSR count). The van der Waals surface area contributed by atoms with Crippen LogP contribution in [0.4, 0.5) is 0 Å². The Morgan fingerprint density at radius 1 is 1.35 bits per heavy atom. The Balaban J connectivity index is 2.24. The number of aromatic nitrogens is 2. The highest BCUT2D eigenvalue weighted by atomic mass is 16.1. The topological polar surface area (TPSA) is 46.9 Å². The van der Waals surface area contributed by atoms with Crippen LogP contribution in [0.2, 0.25) is 0 Å². The summed E-state index contributed by atoms with van der Waals surface area (Å²) in [5.74, 6) is 0.813. The Morgan fingerprint density at radius 3 is 2.65 bits per heavy atom. The maximum absolute atomic E-state index is 11.7. The first-order chi connectivity index (χ1) is 11.0. The van der Waals surface area contributed by atoms with Gasteiger partial charge in [-0.05, 0) is 19.4 Å². The normalized spacial score (nSPS) is 10.3. The molecule has 0 aliphatic carbocycles. The highest BCUT2D eigenvalue weighted by molar-refractivity contribution is 5.91. The lowest BCUT2D eigenvalue weighted by atomic mass is 10.2. The number of rotatable bonds is 7. The smallest absolute Gasteiger partial charge is 0.246 e. The zero-order valence-corrected chi connectivity index (χ0v) is 13.8. The molecule has 0 radical (unpaired) electrons. The molecule has 0 aliphatic heterocycles. The number of benzene rings is 1. The second kappa shape index (κ2) is 7.58. The number of hydrogen-bond acceptors (Lipinski definition) is 2. The van der Waals surface area contributed by atoms with Gasteiger partial charge in [-0.1, -0.05) is 43.0 Å². The molecule has 4 nitrogen and oxygen atoms in total. The van der Waals surface area contributed by atoms with Crippen LogP contribution < -0.4 is 5.32 Å². The lowest BCUT2D eigenvalue weighted by Gasteiger charge is -2.10. The van der Waals surface area contributed by atoms with Crippen LogP contribution in [0.15, 0.2) is 55.1 Å². The fourth-order valence-electron chi connectivity index (χ4n) is 2.39. The van der Waals surface area contributed by atoms with E-state index in [1.165, 1.54) is 5.56 Å². The largest absolute Gasteiger partial charge is 0.347 e. The van der Waals surface area contributed by atoms with Crippen LogP contribution in [0.5, 0.6) is 0 Å². The second-order valence-corrected chi connectivity index (χ2v) is 5.59. The van der Waals surface area contributed by atoms with E-state index in [2.05, 4.69) is 40.2 Å². The van der Waals surface area contributed by atoms with E-state index in [4.69, 9.17) is 0 Å². The lowest BCUT2D eigenvalue weighted by Crippen LogP contribution is -2.23. The summed E-state index contributed by atoms with van der Waals surface area (Å²) in [6, 6.07) is 10.3. The van der Waals surface area contributed by atoms with Crippen LogP contribution in [0.1, 0.15) is 29.7 Å². The van der Waals surface area contributed by atoms with Crippen molar-refractivity contribution >= 4 is 5.91 Å². The molecule has 0 fully saturated rings. The average Bonchev–Trinajstić information content (AvgIpc) is 2.82. The molecule has 4 heteroatoms. The summed E-state index contributed by atoms with van der Waals surface area (Å²) in [5.41, 5.74) is 3.66. The van der Waals surface area contributed by atoms with E-state index >= 15 is 0 Å². The first-order valence-corrected chi connectivity index (χ1v) is 7.66. The standard InChI is InChI=1S/C19H23N3O/c1-5-9-18-21-17(12-20-19(23)14(2)3)15(4)22(18)13-16-10-7-6-8-11-16/h5-8,10-11H,1-2,9,12-13H2,3-4H3,(H,20,23). The lowest BCUT2D eigenvalue weighted by molar-refractivity contribution is -0.117. The molecule has 0 bridgehead atoms. The summed E-state index contributed by atoms with van der Waals surface area (Å²) in [6.07, 6.45) is 2.54. The average molecular weight is 309 g/mol. The van der Waals surface area contributed by atoms with Gasteiger partial charge < -0.3 is 9.88 Å². The number of allylic oxidation sites excluding steroid dienone is 1. The van der Waals surface area contributed by atoms with Crippen molar-refractivity contribution in [2.24, 2.45) is 0 Å². The van der Waals surface area contributed by atoms with Gasteiger partial charge >= 0.3 is 0 Å². The van der Waals surface area contributed by atoms with Crippen LogP contribution in [0.25, 0.3) is 0 Å². The second-order valence-electron chi connectivity index (χ2n) is 5.59. The summed E-state index contributed by atoms with van der Waals surface area (Å²) >= 11 is 0. The summed E-state index contributed by atoms with van der Waals surface area (Å²) < 4.78 is 2.18. The van der Waals surface area contributed by atoms with Crippen LogP contribution in [-0.2, 0) is 24.3 Å². The first kappa shape index (κ1) is 16.7. The van der Waals surface area contributed by atoms with Gasteiger partial charge in [-0.2, -0.15) is 0 Å². The summed E-state index contributed by atoms with van der Waals surface area (Å²) in [7, 11) is 0. The SMILES string of the molecule is C=CCc1nc(CNC(=O)C(=C)C)c(C)n1Cc1ccccc1. The van der Waals surface area contributed by atoms with E-state index < -0.39 is 0 Å². The van der Waals surface area contributed by atoms with E-state index in [-0.39, 0.29) is 5.91 Å². The molecule has 1 N–H and O–H groups in total. The number of imidazole rings is 1. The van der Waals surface area contributed by atoms with E-state index in [9.17, 15) is 4.79 Å².